The van der Waals surface area contributed by atoms with E-state index in [-0.39, 0.29) is 17.8 Å². The molecule has 6 heteroatoms. The van der Waals surface area contributed by atoms with Crippen LogP contribution in [0, 0.1) is 5.41 Å². The van der Waals surface area contributed by atoms with Gasteiger partial charge in [-0.1, -0.05) is 0 Å². The number of nitrogens with one attached hydrogen (secondary N) is 1. The zero-order valence-electron chi connectivity index (χ0n) is 9.03. The summed E-state index contributed by atoms with van der Waals surface area (Å²) >= 11 is 0. The number of methoxy groups -OCH3 is 1. The third-order valence-corrected chi connectivity index (χ3v) is 4.12. The molecule has 5 nitrogen and oxygen atoms in total. The van der Waals surface area contributed by atoms with Gasteiger partial charge in [0.05, 0.1) is 12.4 Å². The van der Waals surface area contributed by atoms with Gasteiger partial charge in [-0.3, -0.25) is 0 Å². The van der Waals surface area contributed by atoms with Crippen LogP contribution in [0.5, 0.6) is 0 Å². The third kappa shape index (κ3) is 4.46. The van der Waals surface area contributed by atoms with Crippen LogP contribution in [0.1, 0.15) is 19.3 Å². The van der Waals surface area contributed by atoms with Crippen molar-refractivity contribution in [1.82, 2.24) is 4.72 Å². The fourth-order valence-electron chi connectivity index (χ4n) is 1.47. The Balaban J connectivity index is 2.30. The van der Waals surface area contributed by atoms with Crippen molar-refractivity contribution in [1.29, 1.82) is 0 Å². The van der Waals surface area contributed by atoms with Crippen molar-refractivity contribution in [2.75, 3.05) is 32.6 Å². The van der Waals surface area contributed by atoms with E-state index in [4.69, 9.17) is 9.84 Å². The Hall–Kier alpha value is -0.170. The van der Waals surface area contributed by atoms with Crippen molar-refractivity contribution >= 4 is 10.0 Å². The summed E-state index contributed by atoms with van der Waals surface area (Å²) in [5.41, 5.74) is 0.110. The minimum atomic E-state index is -3.29. The molecule has 1 aliphatic rings. The summed E-state index contributed by atoms with van der Waals surface area (Å²) in [5.74, 6) is -0.215. The molecule has 1 aliphatic carbocycles. The molecule has 1 saturated carbocycles. The summed E-state index contributed by atoms with van der Waals surface area (Å²) in [5, 5.41) is 8.55. The second kappa shape index (κ2) is 5.25. The number of aliphatic hydroxyl groups is 1. The van der Waals surface area contributed by atoms with Crippen LogP contribution >= 0.6 is 0 Å². The average molecular weight is 237 g/mol. The SMILES string of the molecule is COCCC1(CNS(=O)(=O)CCO)CC1. The van der Waals surface area contributed by atoms with Crippen LogP contribution in [-0.2, 0) is 14.8 Å². The van der Waals surface area contributed by atoms with Crippen molar-refractivity contribution in [3.63, 3.8) is 0 Å². The number of ether oxygens (including phenoxy) is 1. The average Bonchev–Trinajstić information content (AvgIpc) is 2.93. The first kappa shape index (κ1) is 12.9. The number of aliphatic hydroxyl groups excluding tert-OH is 1. The smallest absolute Gasteiger partial charge is 0.213 e. The van der Waals surface area contributed by atoms with E-state index in [1.54, 1.807) is 7.11 Å². The third-order valence-electron chi connectivity index (χ3n) is 2.82. The van der Waals surface area contributed by atoms with Gasteiger partial charge >= 0.3 is 0 Å². The standard InChI is InChI=1S/C9H19NO4S/c1-14-6-4-9(2-3-9)8-10-15(12,13)7-5-11/h10-11H,2-8H2,1H3. The van der Waals surface area contributed by atoms with Gasteiger partial charge in [-0.2, -0.15) is 0 Å². The van der Waals surface area contributed by atoms with Crippen molar-refractivity contribution in [3.05, 3.63) is 0 Å². The van der Waals surface area contributed by atoms with Crippen molar-refractivity contribution < 1.29 is 18.3 Å². The van der Waals surface area contributed by atoms with Gasteiger partial charge in [0, 0.05) is 20.3 Å². The van der Waals surface area contributed by atoms with Gasteiger partial charge in [0.1, 0.15) is 0 Å². The van der Waals surface area contributed by atoms with Crippen molar-refractivity contribution in [2.24, 2.45) is 5.41 Å². The summed E-state index contributed by atoms with van der Waals surface area (Å²) in [6.07, 6.45) is 3.00. The van der Waals surface area contributed by atoms with Gasteiger partial charge in [-0.25, -0.2) is 13.1 Å². The van der Waals surface area contributed by atoms with E-state index in [1.165, 1.54) is 0 Å². The molecule has 0 aromatic carbocycles. The van der Waals surface area contributed by atoms with Gasteiger partial charge in [0.25, 0.3) is 0 Å². The number of hydrogen-bond acceptors (Lipinski definition) is 4. The lowest BCUT2D eigenvalue weighted by atomic mass is 10.0. The summed E-state index contributed by atoms with van der Waals surface area (Å²) in [7, 11) is -1.65. The molecule has 2 N–H and O–H groups in total. The monoisotopic (exact) mass is 237 g/mol. The van der Waals surface area contributed by atoms with E-state index in [0.29, 0.717) is 13.2 Å². The Morgan fingerprint density at radius 2 is 2.13 bits per heavy atom. The van der Waals surface area contributed by atoms with E-state index in [9.17, 15) is 8.42 Å². The molecule has 0 aliphatic heterocycles. The zero-order valence-corrected chi connectivity index (χ0v) is 9.85. The fourth-order valence-corrected chi connectivity index (χ4v) is 2.38. The molecule has 0 saturated heterocycles. The van der Waals surface area contributed by atoms with Crippen LogP contribution in [0.4, 0.5) is 0 Å². The second-order valence-electron chi connectivity index (χ2n) is 4.11. The lowest BCUT2D eigenvalue weighted by Gasteiger charge is -2.15. The summed E-state index contributed by atoms with van der Waals surface area (Å²) in [4.78, 5) is 0. The van der Waals surface area contributed by atoms with E-state index >= 15 is 0 Å². The van der Waals surface area contributed by atoms with Crippen LogP contribution in [0.25, 0.3) is 0 Å². The first-order valence-electron chi connectivity index (χ1n) is 5.11. The summed E-state index contributed by atoms with van der Waals surface area (Å²) in [6.45, 7) is 0.806. The normalized spacial score (nSPS) is 19.1. The Morgan fingerprint density at radius 1 is 1.47 bits per heavy atom. The highest BCUT2D eigenvalue weighted by molar-refractivity contribution is 7.89. The number of sulfonamides is 1. The fraction of sp³-hybridized carbons (Fsp3) is 1.00. The first-order valence-corrected chi connectivity index (χ1v) is 6.76. The van der Waals surface area contributed by atoms with Crippen molar-refractivity contribution in [3.8, 4) is 0 Å². The molecule has 0 aromatic heterocycles. The quantitative estimate of drug-likeness (QED) is 0.608. The van der Waals surface area contributed by atoms with Crippen LogP contribution in [0.15, 0.2) is 0 Å². The maximum absolute atomic E-state index is 11.3. The van der Waals surface area contributed by atoms with Crippen molar-refractivity contribution in [2.45, 2.75) is 19.3 Å². The largest absolute Gasteiger partial charge is 0.395 e. The molecule has 15 heavy (non-hydrogen) atoms. The van der Waals surface area contributed by atoms with Gasteiger partial charge < -0.3 is 9.84 Å². The highest BCUT2D eigenvalue weighted by Crippen LogP contribution is 2.48. The molecule has 1 rings (SSSR count). The molecule has 0 unspecified atom stereocenters. The van der Waals surface area contributed by atoms with E-state index in [1.807, 2.05) is 0 Å². The summed E-state index contributed by atoms with van der Waals surface area (Å²) < 4.78 is 30.1. The molecule has 0 atom stereocenters. The second-order valence-corrected chi connectivity index (χ2v) is 6.03. The van der Waals surface area contributed by atoms with Crippen LogP contribution in [0.3, 0.4) is 0 Å². The number of hydrogen-bond donors (Lipinski definition) is 2. The minimum Gasteiger partial charge on any atom is -0.395 e. The molecule has 0 radical (unpaired) electrons. The lowest BCUT2D eigenvalue weighted by molar-refractivity contribution is 0.173. The summed E-state index contributed by atoms with van der Waals surface area (Å²) in [6, 6.07) is 0. The zero-order chi connectivity index (χ0) is 11.4. The highest BCUT2D eigenvalue weighted by atomic mass is 32.2. The predicted octanol–water partition coefficient (Wildman–Crippen LogP) is -0.285. The molecular weight excluding hydrogens is 218 g/mol. The Bertz CT molecular complexity index is 284. The lowest BCUT2D eigenvalue weighted by Crippen LogP contribution is -2.33. The van der Waals surface area contributed by atoms with E-state index in [0.717, 1.165) is 19.3 Å². The maximum atomic E-state index is 11.3. The molecule has 0 spiro atoms. The van der Waals surface area contributed by atoms with Gasteiger partial charge in [0.15, 0.2) is 0 Å². The van der Waals surface area contributed by atoms with E-state index in [2.05, 4.69) is 4.72 Å². The van der Waals surface area contributed by atoms with Crippen LogP contribution < -0.4 is 4.72 Å². The topological polar surface area (TPSA) is 75.6 Å². The van der Waals surface area contributed by atoms with Crippen LogP contribution in [-0.4, -0.2) is 46.1 Å². The number of rotatable bonds is 8. The molecule has 0 bridgehead atoms. The van der Waals surface area contributed by atoms with E-state index < -0.39 is 10.0 Å². The Kier molecular flexibility index (Phi) is 4.51. The predicted molar refractivity (Wildman–Crippen MR) is 57.0 cm³/mol. The highest BCUT2D eigenvalue weighted by Gasteiger charge is 2.42. The maximum Gasteiger partial charge on any atom is 0.213 e. The molecule has 90 valence electrons. The molecule has 0 amide bonds. The molecular formula is C9H19NO4S. The molecule has 1 fully saturated rings. The minimum absolute atomic E-state index is 0.110. The first-order chi connectivity index (χ1) is 7.04. The van der Waals surface area contributed by atoms with Crippen LogP contribution in [0.2, 0.25) is 0 Å². The molecule has 0 aromatic rings. The Labute approximate surface area is 90.9 Å². The van der Waals surface area contributed by atoms with Gasteiger partial charge in [-0.15, -0.1) is 0 Å². The Morgan fingerprint density at radius 3 is 2.60 bits per heavy atom. The van der Waals surface area contributed by atoms with Gasteiger partial charge in [0.2, 0.25) is 10.0 Å². The van der Waals surface area contributed by atoms with Gasteiger partial charge in [-0.05, 0) is 24.7 Å². The molecule has 0 heterocycles.